The number of ketones is 1. The molecule has 1 aromatic rings. The van der Waals surface area contributed by atoms with Crippen LogP contribution in [0, 0.1) is 17.2 Å². The van der Waals surface area contributed by atoms with Crippen LogP contribution in [0.1, 0.15) is 16.1 Å². The smallest absolute Gasteiger partial charge is 0.334 e. The van der Waals surface area contributed by atoms with Crippen molar-refractivity contribution in [3.63, 3.8) is 0 Å². The molecule has 2 unspecified atom stereocenters. The molecule has 0 saturated carbocycles. The van der Waals surface area contributed by atoms with Gasteiger partial charge < -0.3 is 15.4 Å². The molecule has 2 rings (SSSR count). The van der Waals surface area contributed by atoms with Crippen molar-refractivity contribution in [2.24, 2.45) is 5.92 Å². The van der Waals surface area contributed by atoms with E-state index in [0.29, 0.717) is 4.88 Å². The summed E-state index contributed by atoms with van der Waals surface area (Å²) in [6, 6.07) is 5.04. The molecule has 2 N–H and O–H groups in total. The third-order valence-corrected chi connectivity index (χ3v) is 4.36. The Morgan fingerprint density at radius 2 is 2.32 bits per heavy atom. The summed E-state index contributed by atoms with van der Waals surface area (Å²) < 4.78 is 4.70. The van der Waals surface area contributed by atoms with Gasteiger partial charge in [-0.15, -0.1) is 11.3 Å². The van der Waals surface area contributed by atoms with Gasteiger partial charge >= 0.3 is 5.97 Å². The fraction of sp³-hybridized carbons (Fsp3) is 0.308. The molecule has 2 atom stereocenters. The number of rotatable bonds is 4. The third-order valence-electron chi connectivity index (χ3n) is 3.24. The Balaban J connectivity index is 2.45. The molecular weight excluding hydrogens is 326 g/mol. The van der Waals surface area contributed by atoms with E-state index in [-0.39, 0.29) is 10.9 Å². The van der Waals surface area contributed by atoms with Crippen molar-refractivity contribution in [3.8, 4) is 6.07 Å². The highest BCUT2D eigenvalue weighted by atomic mass is 32.1. The summed E-state index contributed by atoms with van der Waals surface area (Å²) in [6.07, 6.45) is -0.411. The molecule has 0 radical (unpaired) electrons. The van der Waals surface area contributed by atoms with E-state index in [1.807, 2.05) is 0 Å². The van der Waals surface area contributed by atoms with Gasteiger partial charge in [0.25, 0.3) is 0 Å². The van der Waals surface area contributed by atoms with Crippen LogP contribution in [0.4, 0.5) is 0 Å². The number of ether oxygens (including phenoxy) is 1. The standard InChI is InChI=1S/C13H11N3O4S2/c1-20-11(19)13(5-8(17)9-3-2-4-22-9)7(6-14)10(18)15-12(21)16-13/h2-4,7H,5H2,1H3,(H2,15,16,18,21). The number of nitrogens with one attached hydrogen (secondary N) is 2. The molecule has 7 nitrogen and oxygen atoms in total. The number of hydrogen-bond donors (Lipinski definition) is 2. The molecule has 1 saturated heterocycles. The fourth-order valence-corrected chi connectivity index (χ4v) is 3.18. The maximum absolute atomic E-state index is 12.4. The summed E-state index contributed by atoms with van der Waals surface area (Å²) in [5.74, 6) is -3.45. The van der Waals surface area contributed by atoms with E-state index in [1.165, 1.54) is 11.3 Å². The average molecular weight is 337 g/mol. The van der Waals surface area contributed by atoms with Gasteiger partial charge in [0.2, 0.25) is 5.91 Å². The molecule has 0 aromatic carbocycles. The van der Waals surface area contributed by atoms with Crippen molar-refractivity contribution in [1.29, 1.82) is 5.26 Å². The van der Waals surface area contributed by atoms with Crippen molar-refractivity contribution in [2.45, 2.75) is 12.0 Å². The molecule has 1 aliphatic rings. The zero-order valence-corrected chi connectivity index (χ0v) is 13.0. The summed E-state index contributed by atoms with van der Waals surface area (Å²) in [5, 5.41) is 15.7. The molecule has 2 heterocycles. The zero-order valence-electron chi connectivity index (χ0n) is 11.4. The van der Waals surface area contributed by atoms with Crippen molar-refractivity contribution in [1.82, 2.24) is 10.6 Å². The van der Waals surface area contributed by atoms with Gasteiger partial charge in [0, 0.05) is 6.42 Å². The van der Waals surface area contributed by atoms with Gasteiger partial charge in [-0.3, -0.25) is 9.59 Å². The third kappa shape index (κ3) is 2.70. The lowest BCUT2D eigenvalue weighted by Gasteiger charge is -2.38. The second-order valence-corrected chi connectivity index (χ2v) is 5.90. The summed E-state index contributed by atoms with van der Waals surface area (Å²) >= 11 is 6.09. The van der Waals surface area contributed by atoms with E-state index < -0.39 is 29.8 Å². The number of thiocarbonyl (C=S) groups is 1. The SMILES string of the molecule is COC(=O)C1(CC(=O)c2cccs2)NC(=S)NC(=O)C1C#N. The van der Waals surface area contributed by atoms with Crippen molar-refractivity contribution < 1.29 is 19.1 Å². The number of nitrogens with zero attached hydrogens (tertiary/aromatic N) is 1. The number of hydrogen-bond acceptors (Lipinski definition) is 7. The monoisotopic (exact) mass is 337 g/mol. The van der Waals surface area contributed by atoms with Crippen LogP contribution in [-0.4, -0.2) is 35.4 Å². The molecule has 0 spiro atoms. The van der Waals surface area contributed by atoms with Crippen LogP contribution in [0.2, 0.25) is 0 Å². The summed E-state index contributed by atoms with van der Waals surface area (Å²) in [5.41, 5.74) is -1.83. The highest BCUT2D eigenvalue weighted by Crippen LogP contribution is 2.29. The van der Waals surface area contributed by atoms with Gasteiger partial charge in [0.05, 0.1) is 18.1 Å². The van der Waals surface area contributed by atoms with E-state index in [2.05, 4.69) is 10.6 Å². The van der Waals surface area contributed by atoms with E-state index >= 15 is 0 Å². The molecule has 9 heteroatoms. The first kappa shape index (κ1) is 16.1. The number of thiophene rings is 1. The molecule has 1 aromatic heterocycles. The number of nitriles is 1. The minimum atomic E-state index is -1.83. The summed E-state index contributed by atoms with van der Waals surface area (Å²) in [7, 11) is 1.12. The van der Waals surface area contributed by atoms with Crippen LogP contribution in [0.15, 0.2) is 17.5 Å². The number of esters is 1. The molecule has 1 amide bonds. The minimum Gasteiger partial charge on any atom is -0.467 e. The first-order valence-electron chi connectivity index (χ1n) is 6.12. The fourth-order valence-electron chi connectivity index (χ4n) is 2.23. The minimum absolute atomic E-state index is 0.124. The molecular formula is C13H11N3O4S2. The van der Waals surface area contributed by atoms with Gasteiger partial charge in [-0.25, -0.2) is 4.79 Å². The second-order valence-electron chi connectivity index (χ2n) is 4.55. The zero-order chi connectivity index (χ0) is 16.3. The first-order chi connectivity index (χ1) is 10.4. The van der Waals surface area contributed by atoms with Crippen molar-refractivity contribution in [3.05, 3.63) is 22.4 Å². The van der Waals surface area contributed by atoms with Gasteiger partial charge in [-0.2, -0.15) is 5.26 Å². The predicted octanol–water partition coefficient (Wildman–Crippen LogP) is 0.377. The summed E-state index contributed by atoms with van der Waals surface area (Å²) in [6.45, 7) is 0. The number of carbonyl (C=O) groups excluding carboxylic acids is 3. The van der Waals surface area contributed by atoms with Crippen LogP contribution in [0.3, 0.4) is 0 Å². The van der Waals surface area contributed by atoms with E-state index in [9.17, 15) is 19.6 Å². The molecule has 1 fully saturated rings. The van der Waals surface area contributed by atoms with Gasteiger partial charge in [0.15, 0.2) is 22.4 Å². The number of Topliss-reactive ketones (excluding diaryl/α,β-unsaturated/α-hetero) is 1. The first-order valence-corrected chi connectivity index (χ1v) is 7.41. The van der Waals surface area contributed by atoms with E-state index in [4.69, 9.17) is 17.0 Å². The van der Waals surface area contributed by atoms with Crippen molar-refractivity contribution in [2.75, 3.05) is 7.11 Å². The van der Waals surface area contributed by atoms with E-state index in [0.717, 1.165) is 7.11 Å². The molecule has 1 aliphatic heterocycles. The van der Waals surface area contributed by atoms with E-state index in [1.54, 1.807) is 23.6 Å². The highest BCUT2D eigenvalue weighted by molar-refractivity contribution is 7.80. The molecule has 0 bridgehead atoms. The topological polar surface area (TPSA) is 108 Å². The largest absolute Gasteiger partial charge is 0.467 e. The van der Waals surface area contributed by atoms with Crippen LogP contribution in [-0.2, 0) is 14.3 Å². The van der Waals surface area contributed by atoms with Crippen molar-refractivity contribution >= 4 is 46.3 Å². The Morgan fingerprint density at radius 3 is 2.86 bits per heavy atom. The second kappa shape index (κ2) is 6.21. The lowest BCUT2D eigenvalue weighted by molar-refractivity contribution is -0.152. The molecule has 114 valence electrons. The van der Waals surface area contributed by atoms with Crippen LogP contribution >= 0.6 is 23.6 Å². The highest BCUT2D eigenvalue weighted by Gasteiger charge is 2.55. The maximum Gasteiger partial charge on any atom is 0.334 e. The Bertz CT molecular complexity index is 680. The Morgan fingerprint density at radius 1 is 1.59 bits per heavy atom. The van der Waals surface area contributed by atoms with Crippen LogP contribution < -0.4 is 10.6 Å². The number of methoxy groups -OCH3 is 1. The lowest BCUT2D eigenvalue weighted by atomic mass is 9.78. The summed E-state index contributed by atoms with van der Waals surface area (Å²) in [4.78, 5) is 37.0. The number of amides is 1. The normalized spacial score (nSPS) is 23.9. The Kier molecular flexibility index (Phi) is 4.54. The van der Waals surface area contributed by atoms with Crippen LogP contribution in [0.5, 0.6) is 0 Å². The predicted molar refractivity (Wildman–Crippen MR) is 81.0 cm³/mol. The number of carbonyl (C=O) groups is 3. The Labute approximate surface area is 135 Å². The van der Waals surface area contributed by atoms with Gasteiger partial charge in [0.1, 0.15) is 0 Å². The molecule has 22 heavy (non-hydrogen) atoms. The quantitative estimate of drug-likeness (QED) is 0.464. The molecule has 0 aliphatic carbocycles. The lowest BCUT2D eigenvalue weighted by Crippen LogP contribution is -2.70. The van der Waals surface area contributed by atoms with Gasteiger partial charge in [-0.05, 0) is 23.7 Å². The van der Waals surface area contributed by atoms with Crippen LogP contribution in [0.25, 0.3) is 0 Å². The van der Waals surface area contributed by atoms with Gasteiger partial charge in [-0.1, -0.05) is 6.07 Å². The Hall–Kier alpha value is -2.31. The average Bonchev–Trinajstić information content (AvgIpc) is 3.00. The maximum atomic E-state index is 12.4.